The van der Waals surface area contributed by atoms with Crippen LogP contribution >= 0.6 is 0 Å². The molecule has 0 bridgehead atoms. The molecule has 1 unspecified atom stereocenters. The molecule has 3 heteroatoms. The van der Waals surface area contributed by atoms with Gasteiger partial charge in [-0.25, -0.2) is 4.79 Å². The fourth-order valence-corrected chi connectivity index (χ4v) is 2.96. The molecule has 0 heterocycles. The van der Waals surface area contributed by atoms with Crippen LogP contribution in [0.3, 0.4) is 0 Å². The van der Waals surface area contributed by atoms with Gasteiger partial charge in [0.25, 0.3) is 0 Å². The van der Waals surface area contributed by atoms with Crippen LogP contribution in [0.2, 0.25) is 0 Å². The summed E-state index contributed by atoms with van der Waals surface area (Å²) in [6, 6.07) is 18.0. The number of ether oxygens (including phenoxy) is 1. The fourth-order valence-electron chi connectivity index (χ4n) is 2.96. The first-order chi connectivity index (χ1) is 12.2. The predicted octanol–water partition coefficient (Wildman–Crippen LogP) is 4.96. The minimum atomic E-state index is -0.261. The molecule has 132 valence electrons. The van der Waals surface area contributed by atoms with E-state index in [0.29, 0.717) is 12.2 Å². The van der Waals surface area contributed by atoms with E-state index in [2.05, 4.69) is 43.0 Å². The lowest BCUT2D eigenvalue weighted by atomic mass is 9.97. The summed E-state index contributed by atoms with van der Waals surface area (Å²) in [7, 11) is 0. The van der Waals surface area contributed by atoms with Crippen LogP contribution in [0.5, 0.6) is 0 Å². The molecular formula is C22H27NO2. The third kappa shape index (κ3) is 5.04. The van der Waals surface area contributed by atoms with Crippen LogP contribution in [0.1, 0.15) is 48.3 Å². The van der Waals surface area contributed by atoms with Crippen molar-refractivity contribution in [2.75, 3.05) is 19.7 Å². The lowest BCUT2D eigenvalue weighted by molar-refractivity contribution is 0.0523. The number of benzene rings is 2. The van der Waals surface area contributed by atoms with E-state index in [4.69, 9.17) is 4.74 Å². The molecule has 2 rings (SSSR count). The standard InChI is InChI=1S/C22H27NO2/c1-4-23(5-2)21(17-16-18-12-8-7-9-13-18)19-14-10-11-15-20(19)22(24)25-6-3/h7-17,21H,4-6H2,1-3H3/b17-16+. The zero-order chi connectivity index (χ0) is 18.1. The molecule has 2 aromatic rings. The summed E-state index contributed by atoms with van der Waals surface area (Å²) in [6.07, 6.45) is 4.28. The highest BCUT2D eigenvalue weighted by molar-refractivity contribution is 5.91. The van der Waals surface area contributed by atoms with Gasteiger partial charge in [-0.05, 0) is 37.2 Å². The number of hydrogen-bond donors (Lipinski definition) is 0. The Morgan fingerprint density at radius 3 is 2.28 bits per heavy atom. The second kappa shape index (κ2) is 9.80. The SMILES string of the molecule is CCOC(=O)c1ccccc1C(/C=C/c1ccccc1)N(CC)CC. The van der Waals surface area contributed by atoms with Crippen molar-refractivity contribution >= 4 is 12.0 Å². The molecule has 0 fully saturated rings. The molecule has 0 aromatic heterocycles. The minimum Gasteiger partial charge on any atom is -0.462 e. The summed E-state index contributed by atoms with van der Waals surface area (Å²) in [6.45, 7) is 8.29. The van der Waals surface area contributed by atoms with E-state index in [1.165, 1.54) is 0 Å². The molecule has 25 heavy (non-hydrogen) atoms. The molecule has 0 radical (unpaired) electrons. The van der Waals surface area contributed by atoms with Crippen LogP contribution in [0.4, 0.5) is 0 Å². The summed E-state index contributed by atoms with van der Waals surface area (Å²) in [5, 5.41) is 0. The zero-order valence-electron chi connectivity index (χ0n) is 15.3. The highest BCUT2D eigenvalue weighted by Gasteiger charge is 2.21. The molecule has 0 N–H and O–H groups in total. The third-order valence-electron chi connectivity index (χ3n) is 4.25. The quantitative estimate of drug-likeness (QED) is 0.638. The maximum Gasteiger partial charge on any atom is 0.338 e. The molecule has 0 saturated heterocycles. The Hall–Kier alpha value is -2.39. The Balaban J connectivity index is 2.42. The van der Waals surface area contributed by atoms with Gasteiger partial charge in [0.2, 0.25) is 0 Å². The van der Waals surface area contributed by atoms with E-state index in [9.17, 15) is 4.79 Å². The van der Waals surface area contributed by atoms with Gasteiger partial charge in [0.15, 0.2) is 0 Å². The normalized spacial score (nSPS) is 12.5. The Morgan fingerprint density at radius 2 is 1.64 bits per heavy atom. The first-order valence-electron chi connectivity index (χ1n) is 8.94. The monoisotopic (exact) mass is 337 g/mol. The van der Waals surface area contributed by atoms with Gasteiger partial charge in [-0.2, -0.15) is 0 Å². The maximum absolute atomic E-state index is 12.4. The van der Waals surface area contributed by atoms with E-state index in [1.54, 1.807) is 0 Å². The second-order valence-electron chi connectivity index (χ2n) is 5.74. The molecule has 0 aliphatic carbocycles. The molecule has 0 saturated carbocycles. The number of carbonyl (C=O) groups excluding carboxylic acids is 1. The van der Waals surface area contributed by atoms with Crippen molar-refractivity contribution in [3.8, 4) is 0 Å². The van der Waals surface area contributed by atoms with Crippen molar-refractivity contribution in [2.45, 2.75) is 26.8 Å². The van der Waals surface area contributed by atoms with Gasteiger partial charge >= 0.3 is 5.97 Å². The van der Waals surface area contributed by atoms with Crippen LogP contribution in [0, 0.1) is 0 Å². The van der Waals surface area contributed by atoms with E-state index >= 15 is 0 Å². The van der Waals surface area contributed by atoms with Gasteiger partial charge in [0.05, 0.1) is 18.2 Å². The van der Waals surface area contributed by atoms with Gasteiger partial charge < -0.3 is 4.74 Å². The third-order valence-corrected chi connectivity index (χ3v) is 4.25. The Kier molecular flexibility index (Phi) is 7.42. The van der Waals surface area contributed by atoms with Crippen LogP contribution < -0.4 is 0 Å². The second-order valence-corrected chi connectivity index (χ2v) is 5.74. The molecule has 0 spiro atoms. The predicted molar refractivity (Wildman–Crippen MR) is 104 cm³/mol. The fraction of sp³-hybridized carbons (Fsp3) is 0.318. The summed E-state index contributed by atoms with van der Waals surface area (Å²) >= 11 is 0. The van der Waals surface area contributed by atoms with Crippen molar-refractivity contribution in [3.63, 3.8) is 0 Å². The zero-order valence-corrected chi connectivity index (χ0v) is 15.3. The number of carbonyl (C=O) groups is 1. The summed E-state index contributed by atoms with van der Waals surface area (Å²) < 4.78 is 5.25. The van der Waals surface area contributed by atoms with Gasteiger partial charge in [-0.3, -0.25) is 4.90 Å². The van der Waals surface area contributed by atoms with Gasteiger partial charge in [0, 0.05) is 0 Å². The van der Waals surface area contributed by atoms with Crippen LogP contribution in [-0.4, -0.2) is 30.6 Å². The molecule has 0 amide bonds. The van der Waals surface area contributed by atoms with Crippen LogP contribution in [0.15, 0.2) is 60.7 Å². The minimum absolute atomic E-state index is 0.0239. The van der Waals surface area contributed by atoms with E-state index in [-0.39, 0.29) is 12.0 Å². The number of nitrogens with zero attached hydrogens (tertiary/aromatic N) is 1. The average molecular weight is 337 g/mol. The summed E-state index contributed by atoms with van der Waals surface area (Å²) in [5.41, 5.74) is 2.77. The van der Waals surface area contributed by atoms with Crippen LogP contribution in [0.25, 0.3) is 6.08 Å². The molecule has 0 aliphatic rings. The topological polar surface area (TPSA) is 29.5 Å². The van der Waals surface area contributed by atoms with Crippen LogP contribution in [-0.2, 0) is 4.74 Å². The van der Waals surface area contributed by atoms with E-state index in [1.807, 2.05) is 49.4 Å². The number of likely N-dealkylation sites (N-methyl/N-ethyl adjacent to an activating group) is 1. The van der Waals surface area contributed by atoms with Gasteiger partial charge in [0.1, 0.15) is 0 Å². The molecule has 2 aromatic carbocycles. The average Bonchev–Trinajstić information content (AvgIpc) is 2.66. The Morgan fingerprint density at radius 1 is 1.00 bits per heavy atom. The van der Waals surface area contributed by atoms with Crippen molar-refractivity contribution in [1.29, 1.82) is 0 Å². The van der Waals surface area contributed by atoms with Crippen molar-refractivity contribution in [1.82, 2.24) is 4.90 Å². The summed E-state index contributed by atoms with van der Waals surface area (Å²) in [5.74, 6) is -0.261. The largest absolute Gasteiger partial charge is 0.462 e. The van der Waals surface area contributed by atoms with E-state index < -0.39 is 0 Å². The number of rotatable bonds is 8. The number of hydrogen-bond acceptors (Lipinski definition) is 3. The Bertz CT molecular complexity index is 690. The van der Waals surface area contributed by atoms with E-state index in [0.717, 1.165) is 24.2 Å². The molecule has 3 nitrogen and oxygen atoms in total. The van der Waals surface area contributed by atoms with Gasteiger partial charge in [-0.1, -0.05) is 74.5 Å². The first-order valence-corrected chi connectivity index (χ1v) is 8.94. The smallest absolute Gasteiger partial charge is 0.338 e. The number of esters is 1. The first kappa shape index (κ1) is 18.9. The summed E-state index contributed by atoms with van der Waals surface area (Å²) in [4.78, 5) is 14.7. The highest BCUT2D eigenvalue weighted by atomic mass is 16.5. The van der Waals surface area contributed by atoms with Crippen molar-refractivity contribution < 1.29 is 9.53 Å². The molecular weight excluding hydrogens is 310 g/mol. The van der Waals surface area contributed by atoms with Crippen molar-refractivity contribution in [2.24, 2.45) is 0 Å². The lowest BCUT2D eigenvalue weighted by Gasteiger charge is -2.29. The molecule has 1 atom stereocenters. The lowest BCUT2D eigenvalue weighted by Crippen LogP contribution is -2.28. The Labute approximate surface area is 150 Å². The van der Waals surface area contributed by atoms with Crippen molar-refractivity contribution in [3.05, 3.63) is 77.4 Å². The highest BCUT2D eigenvalue weighted by Crippen LogP contribution is 2.27. The maximum atomic E-state index is 12.4. The van der Waals surface area contributed by atoms with Gasteiger partial charge in [-0.15, -0.1) is 0 Å². The molecule has 0 aliphatic heterocycles.